The Balaban J connectivity index is 2.37. The molecule has 0 spiro atoms. The molecule has 0 aliphatic carbocycles. The Morgan fingerprint density at radius 1 is 1.04 bits per heavy atom. The standard InChI is InChI=1S/C19H19NO4/c1-23-17-11-10-15(14-18(17)24-2)19(22)20(12-6-7-13-21)16-8-4-3-5-9-16/h3-11,13-14H,12H2,1-2H3/b7-6+. The van der Waals surface area contributed by atoms with Gasteiger partial charge in [0.2, 0.25) is 0 Å². The number of methoxy groups -OCH3 is 2. The Hall–Kier alpha value is -3.08. The molecule has 124 valence electrons. The lowest BCUT2D eigenvalue weighted by atomic mass is 10.1. The Labute approximate surface area is 141 Å². The number of carbonyl (C=O) groups excluding carboxylic acids is 2. The normalized spacial score (nSPS) is 10.4. The highest BCUT2D eigenvalue weighted by atomic mass is 16.5. The summed E-state index contributed by atoms with van der Waals surface area (Å²) in [5, 5.41) is 0. The first-order chi connectivity index (χ1) is 11.7. The number of hydrogen-bond acceptors (Lipinski definition) is 4. The van der Waals surface area contributed by atoms with Crippen LogP contribution in [-0.2, 0) is 4.79 Å². The van der Waals surface area contributed by atoms with Crippen LogP contribution in [0.1, 0.15) is 10.4 Å². The van der Waals surface area contributed by atoms with Gasteiger partial charge in [-0.25, -0.2) is 0 Å². The molecular formula is C19H19NO4. The molecule has 0 aliphatic rings. The molecule has 0 saturated heterocycles. The lowest BCUT2D eigenvalue weighted by Crippen LogP contribution is -2.31. The number of carbonyl (C=O) groups is 2. The molecule has 2 aromatic rings. The highest BCUT2D eigenvalue weighted by Crippen LogP contribution is 2.28. The maximum atomic E-state index is 12.9. The second kappa shape index (κ2) is 8.53. The number of hydrogen-bond donors (Lipinski definition) is 0. The van der Waals surface area contributed by atoms with Crippen molar-refractivity contribution in [1.82, 2.24) is 0 Å². The van der Waals surface area contributed by atoms with Gasteiger partial charge in [-0.1, -0.05) is 24.3 Å². The number of benzene rings is 2. The average molecular weight is 325 g/mol. The van der Waals surface area contributed by atoms with Gasteiger partial charge in [-0.2, -0.15) is 0 Å². The number of anilines is 1. The van der Waals surface area contributed by atoms with E-state index in [4.69, 9.17) is 9.47 Å². The number of para-hydroxylation sites is 1. The smallest absolute Gasteiger partial charge is 0.258 e. The molecule has 2 rings (SSSR count). The average Bonchev–Trinajstić information content (AvgIpc) is 2.65. The number of nitrogens with zero attached hydrogens (tertiary/aromatic N) is 1. The van der Waals surface area contributed by atoms with Crippen LogP contribution in [0.3, 0.4) is 0 Å². The molecule has 5 heteroatoms. The van der Waals surface area contributed by atoms with Crippen molar-refractivity contribution in [3.63, 3.8) is 0 Å². The number of rotatable bonds is 7. The van der Waals surface area contributed by atoms with Gasteiger partial charge in [0, 0.05) is 17.8 Å². The van der Waals surface area contributed by atoms with Crippen molar-refractivity contribution in [3.05, 3.63) is 66.2 Å². The summed E-state index contributed by atoms with van der Waals surface area (Å²) in [6.45, 7) is 0.288. The predicted molar refractivity (Wildman–Crippen MR) is 92.9 cm³/mol. The molecule has 0 unspecified atom stereocenters. The van der Waals surface area contributed by atoms with Gasteiger partial charge in [0.25, 0.3) is 5.91 Å². The van der Waals surface area contributed by atoms with Gasteiger partial charge in [0.15, 0.2) is 11.5 Å². The van der Waals surface area contributed by atoms with Gasteiger partial charge < -0.3 is 14.4 Å². The monoisotopic (exact) mass is 325 g/mol. The molecule has 0 aromatic heterocycles. The van der Waals surface area contributed by atoms with E-state index in [9.17, 15) is 9.59 Å². The largest absolute Gasteiger partial charge is 0.493 e. The zero-order valence-electron chi connectivity index (χ0n) is 13.6. The number of aldehydes is 1. The highest BCUT2D eigenvalue weighted by Gasteiger charge is 2.18. The van der Waals surface area contributed by atoms with E-state index in [0.29, 0.717) is 23.3 Å². The number of amides is 1. The number of allylic oxidation sites excluding steroid dienone is 1. The van der Waals surface area contributed by atoms with E-state index in [1.165, 1.54) is 13.2 Å². The van der Waals surface area contributed by atoms with Crippen LogP contribution in [-0.4, -0.2) is 33.0 Å². The van der Waals surface area contributed by atoms with Crippen molar-refractivity contribution in [2.24, 2.45) is 0 Å². The molecule has 0 saturated carbocycles. The summed E-state index contributed by atoms with van der Waals surface area (Å²) in [6.07, 6.45) is 3.69. The molecular weight excluding hydrogens is 306 g/mol. The summed E-state index contributed by atoms with van der Waals surface area (Å²) in [7, 11) is 3.06. The molecule has 0 aliphatic heterocycles. The van der Waals surface area contributed by atoms with Crippen molar-refractivity contribution in [2.45, 2.75) is 0 Å². The molecule has 0 N–H and O–H groups in total. The van der Waals surface area contributed by atoms with Crippen LogP contribution >= 0.6 is 0 Å². The third-order valence-corrected chi connectivity index (χ3v) is 3.45. The SMILES string of the molecule is COc1ccc(C(=O)N(C/C=C/C=O)c2ccccc2)cc1OC. The van der Waals surface area contributed by atoms with Gasteiger partial charge in [-0.15, -0.1) is 0 Å². The lowest BCUT2D eigenvalue weighted by molar-refractivity contribution is -0.104. The van der Waals surface area contributed by atoms with Gasteiger partial charge in [-0.3, -0.25) is 9.59 Å². The maximum Gasteiger partial charge on any atom is 0.258 e. The summed E-state index contributed by atoms with van der Waals surface area (Å²) < 4.78 is 10.5. The van der Waals surface area contributed by atoms with Gasteiger partial charge in [-0.05, 0) is 36.4 Å². The minimum absolute atomic E-state index is 0.197. The van der Waals surface area contributed by atoms with E-state index in [1.54, 1.807) is 36.3 Å². The second-order valence-corrected chi connectivity index (χ2v) is 4.89. The van der Waals surface area contributed by atoms with Crippen molar-refractivity contribution in [3.8, 4) is 11.5 Å². The van der Waals surface area contributed by atoms with Crippen LogP contribution in [0, 0.1) is 0 Å². The fourth-order valence-electron chi connectivity index (χ4n) is 2.26. The topological polar surface area (TPSA) is 55.8 Å². The third-order valence-electron chi connectivity index (χ3n) is 3.45. The van der Waals surface area contributed by atoms with Gasteiger partial charge in [0.05, 0.1) is 14.2 Å². The second-order valence-electron chi connectivity index (χ2n) is 4.89. The van der Waals surface area contributed by atoms with Crippen LogP contribution in [0.25, 0.3) is 0 Å². The summed E-state index contributed by atoms with van der Waals surface area (Å²) in [6, 6.07) is 14.3. The van der Waals surface area contributed by atoms with Crippen LogP contribution in [0.15, 0.2) is 60.7 Å². The van der Waals surface area contributed by atoms with Crippen molar-refractivity contribution in [2.75, 3.05) is 25.7 Å². The zero-order valence-corrected chi connectivity index (χ0v) is 13.6. The fraction of sp³-hybridized carbons (Fsp3) is 0.158. The molecule has 0 radical (unpaired) electrons. The van der Waals surface area contributed by atoms with E-state index < -0.39 is 0 Å². The van der Waals surface area contributed by atoms with Crippen LogP contribution in [0.5, 0.6) is 11.5 Å². The first-order valence-electron chi connectivity index (χ1n) is 7.40. The molecule has 2 aromatic carbocycles. The van der Waals surface area contributed by atoms with E-state index in [1.807, 2.05) is 30.3 Å². The molecule has 0 fully saturated rings. The number of ether oxygens (including phenoxy) is 2. The Morgan fingerprint density at radius 2 is 1.75 bits per heavy atom. The molecule has 0 bridgehead atoms. The fourth-order valence-corrected chi connectivity index (χ4v) is 2.26. The molecule has 5 nitrogen and oxygen atoms in total. The van der Waals surface area contributed by atoms with E-state index in [-0.39, 0.29) is 12.5 Å². The summed E-state index contributed by atoms with van der Waals surface area (Å²) >= 11 is 0. The van der Waals surface area contributed by atoms with E-state index in [2.05, 4.69) is 0 Å². The quantitative estimate of drug-likeness (QED) is 0.580. The minimum atomic E-state index is -0.197. The zero-order chi connectivity index (χ0) is 17.4. The van der Waals surface area contributed by atoms with E-state index >= 15 is 0 Å². The van der Waals surface area contributed by atoms with E-state index in [0.717, 1.165) is 5.69 Å². The predicted octanol–water partition coefficient (Wildman–Crippen LogP) is 3.11. The van der Waals surface area contributed by atoms with Crippen molar-refractivity contribution in [1.29, 1.82) is 0 Å². The first-order valence-corrected chi connectivity index (χ1v) is 7.40. The van der Waals surface area contributed by atoms with Crippen LogP contribution in [0.4, 0.5) is 5.69 Å². The highest BCUT2D eigenvalue weighted by molar-refractivity contribution is 6.06. The van der Waals surface area contributed by atoms with Crippen molar-refractivity contribution < 1.29 is 19.1 Å². The van der Waals surface area contributed by atoms with Crippen molar-refractivity contribution >= 4 is 17.9 Å². The maximum absolute atomic E-state index is 12.9. The third kappa shape index (κ3) is 4.01. The van der Waals surface area contributed by atoms with Crippen LogP contribution in [0.2, 0.25) is 0 Å². The van der Waals surface area contributed by atoms with Crippen LogP contribution < -0.4 is 14.4 Å². The Bertz CT molecular complexity index is 725. The summed E-state index contributed by atoms with van der Waals surface area (Å²) in [4.78, 5) is 25.0. The molecule has 0 heterocycles. The molecule has 0 atom stereocenters. The van der Waals surface area contributed by atoms with Gasteiger partial charge >= 0.3 is 0 Å². The first kappa shape index (κ1) is 17.3. The molecule has 1 amide bonds. The molecule has 24 heavy (non-hydrogen) atoms. The lowest BCUT2D eigenvalue weighted by Gasteiger charge is -2.22. The Kier molecular flexibility index (Phi) is 6.14. The Morgan fingerprint density at radius 3 is 2.38 bits per heavy atom. The summed E-state index contributed by atoms with van der Waals surface area (Å²) in [5.41, 5.74) is 1.21. The van der Waals surface area contributed by atoms with Gasteiger partial charge in [0.1, 0.15) is 6.29 Å². The minimum Gasteiger partial charge on any atom is -0.493 e. The summed E-state index contributed by atoms with van der Waals surface area (Å²) in [5.74, 6) is 0.846.